The molecule has 0 saturated heterocycles. The van der Waals surface area contributed by atoms with E-state index in [1.165, 1.54) is 6.39 Å². The fourth-order valence-electron chi connectivity index (χ4n) is 1.15. The maximum absolute atomic E-state index is 11.3. The molecular weight excluding hydrogens is 182 g/mol. The van der Waals surface area contributed by atoms with Crippen molar-refractivity contribution in [3.63, 3.8) is 0 Å². The van der Waals surface area contributed by atoms with Crippen LogP contribution in [-0.2, 0) is 11.2 Å². The van der Waals surface area contributed by atoms with Gasteiger partial charge in [0.05, 0.1) is 6.61 Å². The van der Waals surface area contributed by atoms with Crippen molar-refractivity contribution >= 4 is 5.97 Å². The van der Waals surface area contributed by atoms with E-state index >= 15 is 0 Å². The summed E-state index contributed by atoms with van der Waals surface area (Å²) in [5, 5.41) is 0. The van der Waals surface area contributed by atoms with E-state index in [9.17, 15) is 4.79 Å². The summed E-state index contributed by atoms with van der Waals surface area (Å²) >= 11 is 0. The van der Waals surface area contributed by atoms with Gasteiger partial charge in [-0.1, -0.05) is 13.3 Å². The summed E-state index contributed by atoms with van der Waals surface area (Å²) in [7, 11) is 0. The van der Waals surface area contributed by atoms with E-state index in [1.54, 1.807) is 6.92 Å². The zero-order valence-electron chi connectivity index (χ0n) is 8.58. The molecule has 0 aromatic carbocycles. The standard InChI is InChI=1S/C10H15NO3/c1-3-5-6-8-9(11-7-14-8)10(12)13-4-2/h7H,3-6H2,1-2H3. The molecule has 78 valence electrons. The maximum atomic E-state index is 11.3. The van der Waals surface area contributed by atoms with Crippen LogP contribution in [0, 0.1) is 0 Å². The third-order valence-electron chi connectivity index (χ3n) is 1.87. The molecule has 0 aliphatic carbocycles. The highest BCUT2D eigenvalue weighted by Crippen LogP contribution is 2.11. The largest absolute Gasteiger partial charge is 0.461 e. The van der Waals surface area contributed by atoms with E-state index in [0.29, 0.717) is 18.1 Å². The van der Waals surface area contributed by atoms with Crippen molar-refractivity contribution in [2.45, 2.75) is 33.1 Å². The molecule has 0 bridgehead atoms. The fraction of sp³-hybridized carbons (Fsp3) is 0.600. The zero-order chi connectivity index (χ0) is 10.4. The Labute approximate surface area is 83.3 Å². The molecule has 1 rings (SSSR count). The second-order valence-corrected chi connectivity index (χ2v) is 2.95. The fourth-order valence-corrected chi connectivity index (χ4v) is 1.15. The highest BCUT2D eigenvalue weighted by atomic mass is 16.5. The average molecular weight is 197 g/mol. The van der Waals surface area contributed by atoms with E-state index in [2.05, 4.69) is 11.9 Å². The number of carbonyl (C=O) groups is 1. The first kappa shape index (κ1) is 10.8. The minimum Gasteiger partial charge on any atom is -0.461 e. The van der Waals surface area contributed by atoms with Gasteiger partial charge in [-0.05, 0) is 13.3 Å². The summed E-state index contributed by atoms with van der Waals surface area (Å²) in [4.78, 5) is 15.2. The van der Waals surface area contributed by atoms with Crippen LogP contribution in [-0.4, -0.2) is 17.6 Å². The first-order chi connectivity index (χ1) is 6.79. The summed E-state index contributed by atoms with van der Waals surface area (Å²) in [6.07, 6.45) is 4.08. The number of aryl methyl sites for hydroxylation is 1. The summed E-state index contributed by atoms with van der Waals surface area (Å²) in [6.45, 7) is 4.21. The van der Waals surface area contributed by atoms with Crippen molar-refractivity contribution in [3.05, 3.63) is 17.8 Å². The summed E-state index contributed by atoms with van der Waals surface area (Å²) in [5.74, 6) is 0.234. The van der Waals surface area contributed by atoms with Gasteiger partial charge in [-0.15, -0.1) is 0 Å². The molecule has 14 heavy (non-hydrogen) atoms. The van der Waals surface area contributed by atoms with Gasteiger partial charge in [0.15, 0.2) is 12.1 Å². The van der Waals surface area contributed by atoms with E-state index in [1.807, 2.05) is 0 Å². The molecule has 0 N–H and O–H groups in total. The van der Waals surface area contributed by atoms with Crippen molar-refractivity contribution in [1.82, 2.24) is 4.98 Å². The van der Waals surface area contributed by atoms with E-state index in [4.69, 9.17) is 9.15 Å². The van der Waals surface area contributed by atoms with Gasteiger partial charge in [-0.2, -0.15) is 0 Å². The molecule has 0 spiro atoms. The van der Waals surface area contributed by atoms with Crippen LogP contribution < -0.4 is 0 Å². The van der Waals surface area contributed by atoms with Gasteiger partial charge in [0.25, 0.3) is 0 Å². The summed E-state index contributed by atoms with van der Waals surface area (Å²) in [6, 6.07) is 0. The number of hydrogen-bond donors (Lipinski definition) is 0. The molecule has 4 nitrogen and oxygen atoms in total. The molecule has 0 unspecified atom stereocenters. The molecule has 1 aromatic heterocycles. The Morgan fingerprint density at radius 1 is 1.57 bits per heavy atom. The average Bonchev–Trinajstić information content (AvgIpc) is 2.63. The first-order valence-electron chi connectivity index (χ1n) is 4.89. The lowest BCUT2D eigenvalue weighted by Gasteiger charge is -1.99. The van der Waals surface area contributed by atoms with Crippen molar-refractivity contribution in [2.24, 2.45) is 0 Å². The van der Waals surface area contributed by atoms with Crippen molar-refractivity contribution in [3.8, 4) is 0 Å². The Kier molecular flexibility index (Phi) is 4.16. The number of carbonyl (C=O) groups excluding carboxylic acids is 1. The van der Waals surface area contributed by atoms with Gasteiger partial charge in [0.1, 0.15) is 5.76 Å². The third-order valence-corrected chi connectivity index (χ3v) is 1.87. The normalized spacial score (nSPS) is 10.1. The molecule has 0 amide bonds. The van der Waals surface area contributed by atoms with Crippen molar-refractivity contribution in [1.29, 1.82) is 0 Å². The molecule has 0 atom stereocenters. The third kappa shape index (κ3) is 2.58. The lowest BCUT2D eigenvalue weighted by Crippen LogP contribution is -2.07. The molecule has 0 fully saturated rings. The Hall–Kier alpha value is -1.32. The topological polar surface area (TPSA) is 52.3 Å². The van der Waals surface area contributed by atoms with Gasteiger partial charge in [-0.25, -0.2) is 9.78 Å². The minimum absolute atomic E-state index is 0.320. The molecule has 0 saturated carbocycles. The number of hydrogen-bond acceptors (Lipinski definition) is 4. The lowest BCUT2D eigenvalue weighted by molar-refractivity contribution is 0.0517. The van der Waals surface area contributed by atoms with Crippen molar-refractivity contribution < 1.29 is 13.9 Å². The molecule has 1 heterocycles. The van der Waals surface area contributed by atoms with Crippen LogP contribution in [0.1, 0.15) is 42.9 Å². The monoisotopic (exact) mass is 197 g/mol. The van der Waals surface area contributed by atoms with Crippen LogP contribution in [0.5, 0.6) is 0 Å². The van der Waals surface area contributed by atoms with Crippen LogP contribution in [0.15, 0.2) is 10.8 Å². The van der Waals surface area contributed by atoms with Crippen molar-refractivity contribution in [2.75, 3.05) is 6.61 Å². The van der Waals surface area contributed by atoms with Gasteiger partial charge in [-0.3, -0.25) is 0 Å². The predicted octanol–water partition coefficient (Wildman–Crippen LogP) is 2.19. The van der Waals surface area contributed by atoms with Crippen LogP contribution in [0.3, 0.4) is 0 Å². The van der Waals surface area contributed by atoms with Crippen LogP contribution >= 0.6 is 0 Å². The number of rotatable bonds is 5. The smallest absolute Gasteiger partial charge is 0.360 e. The summed E-state index contributed by atoms with van der Waals surface area (Å²) < 4.78 is 9.97. The minimum atomic E-state index is -0.396. The summed E-state index contributed by atoms with van der Waals surface area (Å²) in [5.41, 5.74) is 0.320. The lowest BCUT2D eigenvalue weighted by atomic mass is 10.2. The number of nitrogens with zero attached hydrogens (tertiary/aromatic N) is 1. The molecule has 0 aliphatic heterocycles. The van der Waals surface area contributed by atoms with E-state index in [-0.39, 0.29) is 0 Å². The van der Waals surface area contributed by atoms with Gasteiger partial charge >= 0.3 is 5.97 Å². The number of unbranched alkanes of at least 4 members (excludes halogenated alkanes) is 1. The maximum Gasteiger partial charge on any atom is 0.360 e. The van der Waals surface area contributed by atoms with E-state index < -0.39 is 5.97 Å². The number of oxazole rings is 1. The first-order valence-corrected chi connectivity index (χ1v) is 4.89. The molecule has 1 aromatic rings. The molecule has 4 heteroatoms. The van der Waals surface area contributed by atoms with E-state index in [0.717, 1.165) is 19.3 Å². The Bertz CT molecular complexity index is 293. The highest BCUT2D eigenvalue weighted by molar-refractivity contribution is 5.88. The highest BCUT2D eigenvalue weighted by Gasteiger charge is 2.16. The molecule has 0 radical (unpaired) electrons. The Morgan fingerprint density at radius 3 is 3.00 bits per heavy atom. The quantitative estimate of drug-likeness (QED) is 0.679. The zero-order valence-corrected chi connectivity index (χ0v) is 8.58. The number of ether oxygens (including phenoxy) is 1. The SMILES string of the molecule is CCCCc1ocnc1C(=O)OCC. The second-order valence-electron chi connectivity index (χ2n) is 2.95. The van der Waals surface area contributed by atoms with Crippen LogP contribution in [0.4, 0.5) is 0 Å². The van der Waals surface area contributed by atoms with Gasteiger partial charge in [0.2, 0.25) is 0 Å². The number of aromatic nitrogens is 1. The molecular formula is C10H15NO3. The predicted molar refractivity (Wildman–Crippen MR) is 51.1 cm³/mol. The molecule has 0 aliphatic rings. The van der Waals surface area contributed by atoms with Gasteiger partial charge in [0, 0.05) is 6.42 Å². The Balaban J connectivity index is 2.66. The van der Waals surface area contributed by atoms with Crippen LogP contribution in [0.2, 0.25) is 0 Å². The van der Waals surface area contributed by atoms with Crippen LogP contribution in [0.25, 0.3) is 0 Å². The number of esters is 1. The second kappa shape index (κ2) is 5.42. The van der Waals surface area contributed by atoms with Gasteiger partial charge < -0.3 is 9.15 Å². The Morgan fingerprint density at radius 2 is 2.36 bits per heavy atom.